The van der Waals surface area contributed by atoms with Crippen molar-refractivity contribution in [3.63, 3.8) is 0 Å². The minimum atomic E-state index is -0.980. The quantitative estimate of drug-likeness (QED) is 0.0231. The van der Waals surface area contributed by atoms with Gasteiger partial charge in [0.25, 0.3) is 0 Å². The molecule has 0 spiro atoms. The molecule has 2 saturated heterocycles. The number of thiazole rings is 2. The van der Waals surface area contributed by atoms with Gasteiger partial charge < -0.3 is 57.5 Å². The fourth-order valence-electron chi connectivity index (χ4n) is 16.3. The number of methoxy groups -OCH3 is 4. The van der Waals surface area contributed by atoms with E-state index in [1.807, 2.05) is 115 Å². The van der Waals surface area contributed by atoms with E-state index in [0.29, 0.717) is 73.4 Å². The fraction of sp³-hybridized carbons (Fsp3) is 0.489. The molecule has 0 N–H and O–H groups in total. The SMILES string of the molecule is C.C.C=CCCCCCN(Cc1ccc(OC)cc1)C(=O)N1C[C@H](Oc2cc(-c3nc(C(C)C)cs3)nc3c(C)c(OC)ccc23)C[C@H]1C(=O)C[C@]1(C(=O)OCC)C[C@H]1C=C.CCOC(=O)[C@]12CC(=O)[C@@H]3C[C@@H](Oc4cc(-c5nc(C(C)C)cs5)nc5c(C)c(OC)ccc45)CN3C(=O)N(Cc3ccc(OC)cc3)CCCCC/C=C\[C@@H]1C2. The minimum absolute atomic E-state index is 0. The third kappa shape index (κ3) is 20.4. The van der Waals surface area contributed by atoms with Crippen LogP contribution in [-0.2, 0) is 41.7 Å². The second-order valence-electron chi connectivity index (χ2n) is 31.8. The van der Waals surface area contributed by atoms with Crippen LogP contribution < -0.4 is 28.4 Å². The highest BCUT2D eigenvalue weighted by atomic mass is 32.1. The van der Waals surface area contributed by atoms with Gasteiger partial charge in [-0.1, -0.05) is 104 Å². The number of hydrogen-bond acceptors (Lipinski definition) is 20. The molecule has 0 radical (unpaired) electrons. The zero-order valence-electron chi connectivity index (χ0n) is 69.2. The third-order valence-electron chi connectivity index (χ3n) is 23.3. The molecule has 8 aromatic rings. The summed E-state index contributed by atoms with van der Waals surface area (Å²) in [6.07, 6.45) is 15.6. The number of hydrogen-bond donors (Lipinski definition) is 0. The predicted octanol–water partition coefficient (Wildman–Crippen LogP) is 19.9. The van der Waals surface area contributed by atoms with Gasteiger partial charge in [-0.2, -0.15) is 0 Å². The fourth-order valence-corrected chi connectivity index (χ4v) is 18.2. The van der Waals surface area contributed by atoms with E-state index < -0.39 is 41.1 Å². The van der Waals surface area contributed by atoms with Crippen molar-refractivity contribution in [1.82, 2.24) is 39.5 Å². The number of aryl methyl sites for hydroxylation is 2. The molecule has 4 fully saturated rings. The second-order valence-corrected chi connectivity index (χ2v) is 33.5. The topological polar surface area (TPSA) is 241 Å². The largest absolute Gasteiger partial charge is 0.497 e. The average molecular weight is 1650 g/mol. The van der Waals surface area contributed by atoms with Gasteiger partial charge in [-0.15, -0.1) is 35.8 Å². The number of Topliss-reactive ketones (excluding diaryl/α,β-unsaturated/α-hetero) is 2. The Kier molecular flexibility index (Phi) is 30.9. The van der Waals surface area contributed by atoms with Crippen LogP contribution in [0.3, 0.4) is 0 Å². The third-order valence-corrected chi connectivity index (χ3v) is 25.0. The Morgan fingerprint density at radius 1 is 0.653 bits per heavy atom. The molecule has 22 nitrogen and oxygen atoms in total. The normalized spacial score (nSPS) is 21.2. The number of urea groups is 2. The van der Waals surface area contributed by atoms with Crippen molar-refractivity contribution >= 4 is 80.0 Å². The van der Waals surface area contributed by atoms with Gasteiger partial charge in [-0.25, -0.2) is 29.5 Å². The van der Waals surface area contributed by atoms with Gasteiger partial charge in [0.15, 0.2) is 11.6 Å². The number of ether oxygens (including phenoxy) is 8. The van der Waals surface area contributed by atoms with Crippen molar-refractivity contribution < 1.29 is 66.7 Å². The zero-order chi connectivity index (χ0) is 82.5. The second kappa shape index (κ2) is 40.5. The molecule has 7 heterocycles. The molecular weight excluding hydrogens is 1530 g/mol. The van der Waals surface area contributed by atoms with E-state index in [9.17, 15) is 28.8 Å². The Labute approximate surface area is 704 Å². The lowest BCUT2D eigenvalue weighted by atomic mass is 9.92. The van der Waals surface area contributed by atoms with Crippen molar-refractivity contribution in [1.29, 1.82) is 0 Å². The number of rotatable bonds is 30. The lowest BCUT2D eigenvalue weighted by Crippen LogP contribution is -2.49. The van der Waals surface area contributed by atoms with Crippen molar-refractivity contribution in [2.45, 2.75) is 209 Å². The zero-order valence-corrected chi connectivity index (χ0v) is 70.9. The predicted molar refractivity (Wildman–Crippen MR) is 467 cm³/mol. The number of nitrogens with zero attached hydrogens (tertiary/aromatic N) is 8. The molecule has 13 rings (SSSR count). The van der Waals surface area contributed by atoms with E-state index in [1.165, 1.54) is 22.7 Å². The average Bonchev–Trinajstić information content (AvgIpc) is 1.59. The number of pyridine rings is 2. The number of unbranched alkanes of at least 4 members (excludes halogenated alkanes) is 3. The van der Waals surface area contributed by atoms with Gasteiger partial charge in [-0.05, 0) is 162 Å². The first kappa shape index (κ1) is 90.1. The number of allylic oxidation sites excluding steroid dienone is 4. The Balaban J connectivity index is 0.000000244. The van der Waals surface area contributed by atoms with E-state index in [2.05, 4.69) is 63.8 Å². The molecule has 5 aliphatic rings. The van der Waals surface area contributed by atoms with Gasteiger partial charge >= 0.3 is 24.0 Å². The van der Waals surface area contributed by atoms with Crippen LogP contribution >= 0.6 is 22.7 Å². The van der Waals surface area contributed by atoms with Gasteiger partial charge in [0.1, 0.15) is 68.1 Å². The number of ketones is 2. The molecule has 118 heavy (non-hydrogen) atoms. The van der Waals surface area contributed by atoms with Gasteiger partial charge in [0, 0.05) is 96.7 Å². The first-order valence-corrected chi connectivity index (χ1v) is 42.7. The maximum absolute atomic E-state index is 14.9. The van der Waals surface area contributed by atoms with Crippen molar-refractivity contribution in [2.75, 3.05) is 67.8 Å². The van der Waals surface area contributed by atoms with Crippen molar-refractivity contribution in [3.05, 3.63) is 167 Å². The summed E-state index contributed by atoms with van der Waals surface area (Å²) >= 11 is 3.07. The molecule has 0 bridgehead atoms. The van der Waals surface area contributed by atoms with Crippen LogP contribution in [0, 0.1) is 36.5 Å². The maximum atomic E-state index is 14.9. The standard InChI is InChI=1S/C47H58N4O7S.C45H54N4O7S.2CH4/c1-9-12-13-14-15-22-50(27-32-16-18-34(55-7)19-17-32)46(54)51-28-35(23-39(51)40(52)26-47(25-33(47)10-2)45(53)57-11-3)58-42-24-37(44-49-38(29-59-44)30(4)5)48-43-31(6)41(56-8)21-20-36(42)43;1-7-55-43(51)45-23-31(45)13-11-9-8-10-12-20-48(25-30-14-16-32(53-5)17-15-30)44(52)49-26-33(21-37(49)38(50)24-45)56-40-22-35(42-47-36(27-57-42)28(2)3)46-41-29(4)39(54-6)19-18-34(40)41;;/h9-10,16-21,24,29-30,33,35,39H,1-2,11-15,22-23,25-28H2,3-8H3;11,13-19,22,27-28,31,33,37H,7-10,12,20-21,23-26H2,1-6H3;2*1H4/b;13-11-;;/t33-,35-,39+,47-;31-,33-,37+,45-;;/m11../s1. The maximum Gasteiger partial charge on any atom is 0.321 e. The smallest absolute Gasteiger partial charge is 0.321 e. The summed E-state index contributed by atoms with van der Waals surface area (Å²) in [5.41, 5.74) is 6.52. The molecule has 3 aliphatic heterocycles. The van der Waals surface area contributed by atoms with Gasteiger partial charge in [0.05, 0.1) is 100 Å². The number of fused-ring (bicyclic) bond motifs is 4. The van der Waals surface area contributed by atoms with Crippen LogP contribution in [-0.4, -0.2) is 167 Å². The molecule has 8 atom stereocenters. The Morgan fingerprint density at radius 3 is 1.75 bits per heavy atom. The number of amides is 4. The lowest BCUT2D eigenvalue weighted by molar-refractivity contribution is -0.152. The number of esters is 2. The Hall–Kier alpha value is -10.2. The van der Waals surface area contributed by atoms with Crippen LogP contribution in [0.5, 0.6) is 34.5 Å². The molecule has 632 valence electrons. The van der Waals surface area contributed by atoms with E-state index in [1.54, 1.807) is 58.2 Å². The summed E-state index contributed by atoms with van der Waals surface area (Å²) in [5, 5.41) is 7.25. The molecule has 24 heteroatoms. The first-order chi connectivity index (χ1) is 56.0. The van der Waals surface area contributed by atoms with Crippen molar-refractivity contribution in [2.24, 2.45) is 22.7 Å². The first-order valence-electron chi connectivity index (χ1n) is 40.9. The highest BCUT2D eigenvalue weighted by Crippen LogP contribution is 2.59. The van der Waals surface area contributed by atoms with Crippen LogP contribution in [0.15, 0.2) is 133 Å². The van der Waals surface area contributed by atoms with E-state index in [0.717, 1.165) is 128 Å². The number of carbonyl (C=O) groups excluding carboxylic acids is 6. The Bertz CT molecular complexity index is 4890. The molecule has 2 saturated carbocycles. The number of aromatic nitrogens is 4. The molecule has 4 aromatic heterocycles. The molecule has 4 amide bonds. The monoisotopic (exact) mass is 1650 g/mol. The molecule has 0 unspecified atom stereocenters. The summed E-state index contributed by atoms with van der Waals surface area (Å²) in [6, 6.07) is 24.8. The van der Waals surface area contributed by atoms with E-state index in [4.69, 9.17) is 57.8 Å². The molecular formula is C94H120N8O14S2. The molecule has 2 aliphatic carbocycles. The number of likely N-dealkylation sites (tertiary alicyclic amines) is 1. The van der Waals surface area contributed by atoms with Gasteiger partial charge in [-0.3, -0.25) is 19.2 Å². The number of carbonyl (C=O) groups is 6. The van der Waals surface area contributed by atoms with Crippen molar-refractivity contribution in [3.8, 4) is 55.9 Å². The van der Waals surface area contributed by atoms with Gasteiger partial charge in [0.2, 0.25) is 0 Å². The summed E-state index contributed by atoms with van der Waals surface area (Å²) in [7, 11) is 6.53. The summed E-state index contributed by atoms with van der Waals surface area (Å²) in [5.74, 6) is 3.26. The Morgan fingerprint density at radius 2 is 1.22 bits per heavy atom. The van der Waals surface area contributed by atoms with Crippen LogP contribution in [0.2, 0.25) is 0 Å². The van der Waals surface area contributed by atoms with E-state index in [-0.39, 0.29) is 120 Å². The van der Waals surface area contributed by atoms with Crippen LogP contribution in [0.1, 0.15) is 192 Å². The minimum Gasteiger partial charge on any atom is -0.497 e. The van der Waals surface area contributed by atoms with E-state index >= 15 is 0 Å². The summed E-state index contributed by atoms with van der Waals surface area (Å²) < 4.78 is 47.0. The lowest BCUT2D eigenvalue weighted by Gasteiger charge is -2.32. The summed E-state index contributed by atoms with van der Waals surface area (Å²) in [4.78, 5) is 113. The van der Waals surface area contributed by atoms with Crippen LogP contribution in [0.25, 0.3) is 43.2 Å². The molecule has 4 aromatic carbocycles. The number of benzene rings is 4. The summed E-state index contributed by atoms with van der Waals surface area (Å²) in [6.45, 7) is 26.3. The van der Waals surface area contributed by atoms with Crippen LogP contribution in [0.4, 0.5) is 9.59 Å². The highest BCUT2D eigenvalue weighted by Gasteiger charge is 2.63. The highest BCUT2D eigenvalue weighted by molar-refractivity contribution is 7.13.